The summed E-state index contributed by atoms with van der Waals surface area (Å²) >= 11 is 12.1. The van der Waals surface area contributed by atoms with Gasteiger partial charge in [-0.3, -0.25) is 10.1 Å². The maximum absolute atomic E-state index is 11.1. The number of rotatable bonds is 6. The van der Waals surface area contributed by atoms with Crippen molar-refractivity contribution >= 4 is 41.0 Å². The Morgan fingerprint density at radius 3 is 2.70 bits per heavy atom. The van der Waals surface area contributed by atoms with Gasteiger partial charge in [-0.1, -0.05) is 40.5 Å². The van der Waals surface area contributed by atoms with Gasteiger partial charge in [0, 0.05) is 15.6 Å². The van der Waals surface area contributed by atoms with E-state index in [0.29, 0.717) is 28.0 Å². The lowest BCUT2D eigenvalue weighted by molar-refractivity contribution is -0.386. The Hall–Kier alpha value is -2.83. The van der Waals surface area contributed by atoms with Gasteiger partial charge in [-0.2, -0.15) is 0 Å². The Bertz CT molecular complexity index is 1010. The van der Waals surface area contributed by atoms with Crippen molar-refractivity contribution in [3.8, 4) is 5.75 Å². The molecule has 0 saturated carbocycles. The first-order valence-electron chi connectivity index (χ1n) is 7.89. The van der Waals surface area contributed by atoms with Crippen LogP contribution in [0.5, 0.6) is 5.75 Å². The lowest BCUT2D eigenvalue weighted by atomic mass is 10.1. The first-order chi connectivity index (χ1) is 12.9. The molecule has 1 heterocycles. The van der Waals surface area contributed by atoms with Gasteiger partial charge in [0.1, 0.15) is 12.4 Å². The van der Waals surface area contributed by atoms with Crippen LogP contribution in [0.1, 0.15) is 22.6 Å². The van der Waals surface area contributed by atoms with Gasteiger partial charge in [0.2, 0.25) is 5.76 Å². The average Bonchev–Trinajstić information content (AvgIpc) is 3.00. The highest BCUT2D eigenvalue weighted by Gasteiger charge is 2.22. The highest BCUT2D eigenvalue weighted by atomic mass is 35.5. The maximum atomic E-state index is 11.1. The monoisotopic (exact) mass is 404 g/mol. The van der Waals surface area contributed by atoms with Crippen LogP contribution in [-0.2, 0) is 6.61 Å². The van der Waals surface area contributed by atoms with Crippen LogP contribution in [-0.4, -0.2) is 10.1 Å². The first-order valence-corrected chi connectivity index (χ1v) is 8.65. The molecular formula is C19H14Cl2N2O4. The molecule has 0 saturated heterocycles. The smallest absolute Gasteiger partial charge is 0.338 e. The zero-order chi connectivity index (χ0) is 19.4. The van der Waals surface area contributed by atoms with E-state index in [2.05, 4.69) is 5.16 Å². The van der Waals surface area contributed by atoms with Crippen molar-refractivity contribution < 1.29 is 14.2 Å². The van der Waals surface area contributed by atoms with Crippen LogP contribution in [0.4, 0.5) is 5.69 Å². The van der Waals surface area contributed by atoms with E-state index < -0.39 is 4.92 Å². The average molecular weight is 405 g/mol. The second-order valence-corrected chi connectivity index (χ2v) is 6.54. The van der Waals surface area contributed by atoms with Crippen molar-refractivity contribution in [3.05, 3.63) is 85.2 Å². The third kappa shape index (κ3) is 4.67. The number of aryl methyl sites for hydroxylation is 1. The number of halogens is 2. The minimum Gasteiger partial charge on any atom is -0.488 e. The summed E-state index contributed by atoms with van der Waals surface area (Å²) in [4.78, 5) is 10.6. The number of aromatic nitrogens is 1. The molecule has 0 bridgehead atoms. The van der Waals surface area contributed by atoms with Crippen molar-refractivity contribution in [2.75, 3.05) is 0 Å². The molecule has 8 heteroatoms. The normalized spacial score (nSPS) is 11.1. The fourth-order valence-corrected chi connectivity index (χ4v) is 2.84. The highest BCUT2D eigenvalue weighted by molar-refractivity contribution is 6.31. The molecule has 2 aromatic carbocycles. The van der Waals surface area contributed by atoms with Crippen LogP contribution >= 0.6 is 23.2 Å². The van der Waals surface area contributed by atoms with Gasteiger partial charge < -0.3 is 9.26 Å². The SMILES string of the molecule is Cc1noc(/C=C\c2cc(Cl)ccc2OCc2cccc(Cl)c2)c1[N+](=O)[O-]. The lowest BCUT2D eigenvalue weighted by Gasteiger charge is -2.10. The second-order valence-electron chi connectivity index (χ2n) is 5.67. The fraction of sp³-hybridized carbons (Fsp3) is 0.105. The van der Waals surface area contributed by atoms with Gasteiger partial charge in [0.05, 0.1) is 4.92 Å². The van der Waals surface area contributed by atoms with Gasteiger partial charge in [-0.25, -0.2) is 0 Å². The van der Waals surface area contributed by atoms with Crippen LogP contribution in [0, 0.1) is 17.0 Å². The number of ether oxygens (including phenoxy) is 1. The number of nitro groups is 1. The maximum Gasteiger partial charge on any atom is 0.338 e. The van der Waals surface area contributed by atoms with Crippen molar-refractivity contribution in [2.45, 2.75) is 13.5 Å². The van der Waals surface area contributed by atoms with Crippen LogP contribution in [0.15, 0.2) is 47.0 Å². The molecule has 0 amide bonds. The third-order valence-corrected chi connectivity index (χ3v) is 4.18. The molecule has 27 heavy (non-hydrogen) atoms. The van der Waals surface area contributed by atoms with Crippen molar-refractivity contribution in [2.24, 2.45) is 0 Å². The third-order valence-electron chi connectivity index (χ3n) is 3.71. The molecule has 138 valence electrons. The number of nitrogens with zero attached hydrogens (tertiary/aromatic N) is 2. The van der Waals surface area contributed by atoms with Gasteiger partial charge in [0.15, 0.2) is 5.69 Å². The zero-order valence-electron chi connectivity index (χ0n) is 14.2. The van der Waals surface area contributed by atoms with Gasteiger partial charge in [0.25, 0.3) is 0 Å². The molecule has 0 aliphatic carbocycles. The van der Waals surface area contributed by atoms with E-state index in [0.717, 1.165) is 5.56 Å². The largest absolute Gasteiger partial charge is 0.488 e. The molecular weight excluding hydrogens is 391 g/mol. The summed E-state index contributed by atoms with van der Waals surface area (Å²) in [5, 5.41) is 15.9. The fourth-order valence-electron chi connectivity index (χ4n) is 2.45. The molecule has 0 radical (unpaired) electrons. The Morgan fingerprint density at radius 2 is 1.96 bits per heavy atom. The van der Waals surface area contributed by atoms with E-state index in [9.17, 15) is 10.1 Å². The van der Waals surface area contributed by atoms with E-state index in [1.807, 2.05) is 18.2 Å². The molecule has 3 rings (SSSR count). The van der Waals surface area contributed by atoms with Gasteiger partial charge in [-0.15, -0.1) is 0 Å². The molecule has 1 aromatic heterocycles. The van der Waals surface area contributed by atoms with E-state index in [4.69, 9.17) is 32.5 Å². The van der Waals surface area contributed by atoms with E-state index in [-0.39, 0.29) is 17.1 Å². The minimum atomic E-state index is -0.528. The molecule has 0 fully saturated rings. The topological polar surface area (TPSA) is 78.4 Å². The van der Waals surface area contributed by atoms with E-state index in [1.54, 1.807) is 30.3 Å². The predicted octanol–water partition coefficient (Wildman–Crippen LogP) is 5.95. The standard InChI is InChI=1S/C19H14Cl2N2O4/c1-12-19(23(24)25)18(27-22-12)7-5-14-10-16(21)6-8-17(14)26-11-13-3-2-4-15(20)9-13/h2-10H,11H2,1H3/b7-5-. The number of benzene rings is 2. The van der Waals surface area contributed by atoms with E-state index in [1.165, 1.54) is 13.0 Å². The second kappa shape index (κ2) is 8.24. The molecule has 0 aliphatic rings. The Labute approximate surface area is 165 Å². The molecule has 0 unspecified atom stereocenters. The van der Waals surface area contributed by atoms with Crippen molar-refractivity contribution in [1.82, 2.24) is 5.16 Å². The summed E-state index contributed by atoms with van der Waals surface area (Å²) in [5.41, 5.74) is 1.60. The van der Waals surface area contributed by atoms with Crippen LogP contribution in [0.3, 0.4) is 0 Å². The quantitative estimate of drug-likeness (QED) is 0.374. The molecule has 0 atom stereocenters. The van der Waals surface area contributed by atoms with Crippen LogP contribution < -0.4 is 4.74 Å². The van der Waals surface area contributed by atoms with Crippen LogP contribution in [0.25, 0.3) is 12.2 Å². The summed E-state index contributed by atoms with van der Waals surface area (Å²) in [6, 6.07) is 12.5. The minimum absolute atomic E-state index is 0.0540. The van der Waals surface area contributed by atoms with Crippen molar-refractivity contribution in [1.29, 1.82) is 0 Å². The lowest BCUT2D eigenvalue weighted by Crippen LogP contribution is -1.97. The highest BCUT2D eigenvalue weighted by Crippen LogP contribution is 2.29. The Balaban J connectivity index is 1.85. The van der Waals surface area contributed by atoms with Gasteiger partial charge in [-0.05, 0) is 55.0 Å². The molecule has 0 N–H and O–H groups in total. The molecule has 0 aliphatic heterocycles. The molecule has 0 spiro atoms. The molecule has 3 aromatic rings. The van der Waals surface area contributed by atoms with Crippen molar-refractivity contribution in [3.63, 3.8) is 0 Å². The number of hydrogen-bond donors (Lipinski definition) is 0. The Morgan fingerprint density at radius 1 is 1.19 bits per heavy atom. The summed E-state index contributed by atoms with van der Waals surface area (Å²) in [5.74, 6) is 0.618. The zero-order valence-corrected chi connectivity index (χ0v) is 15.7. The van der Waals surface area contributed by atoms with Gasteiger partial charge >= 0.3 is 5.69 Å². The van der Waals surface area contributed by atoms with E-state index >= 15 is 0 Å². The first kappa shape index (κ1) is 18.9. The number of hydrogen-bond acceptors (Lipinski definition) is 5. The summed E-state index contributed by atoms with van der Waals surface area (Å²) in [6.07, 6.45) is 3.10. The summed E-state index contributed by atoms with van der Waals surface area (Å²) < 4.78 is 10.9. The summed E-state index contributed by atoms with van der Waals surface area (Å²) in [7, 11) is 0. The molecule has 6 nitrogen and oxygen atoms in total. The van der Waals surface area contributed by atoms with Crippen LogP contribution in [0.2, 0.25) is 10.0 Å². The predicted molar refractivity (Wildman–Crippen MR) is 104 cm³/mol. The Kier molecular flexibility index (Phi) is 5.78. The summed E-state index contributed by atoms with van der Waals surface area (Å²) in [6.45, 7) is 1.82.